The molecule has 0 saturated heterocycles. The molecule has 0 fully saturated rings. The van der Waals surface area contributed by atoms with Crippen molar-refractivity contribution in [1.82, 2.24) is 0 Å². The van der Waals surface area contributed by atoms with Gasteiger partial charge in [-0.25, -0.2) is 0 Å². The van der Waals surface area contributed by atoms with Crippen molar-refractivity contribution in [2.75, 3.05) is 205 Å². The zero-order valence-electron chi connectivity index (χ0n) is 45.6. The third-order valence-electron chi connectivity index (χ3n) is 11.1. The fourth-order valence-corrected chi connectivity index (χ4v) is 6.90. The summed E-state index contributed by atoms with van der Waals surface area (Å²) in [6.07, 6.45) is 22.6. The fraction of sp³-hybridized carbons (Fsp3) is 1.00. The lowest BCUT2D eigenvalue weighted by Gasteiger charge is -2.31. The molecule has 424 valence electrons. The zero-order valence-corrected chi connectivity index (χ0v) is 45.6. The largest absolute Gasteiger partial charge is 0.379 e. The van der Waals surface area contributed by atoms with Gasteiger partial charge in [0.15, 0.2) is 0 Å². The second-order valence-corrected chi connectivity index (χ2v) is 17.7. The molecule has 18 nitrogen and oxygen atoms in total. The second-order valence-electron chi connectivity index (χ2n) is 17.7. The Morgan fingerprint density at radius 3 is 0.648 bits per heavy atom. The molecule has 0 aromatic heterocycles. The number of rotatable bonds is 65. The van der Waals surface area contributed by atoms with Crippen molar-refractivity contribution < 1.29 is 71.1 Å². The molecule has 0 aliphatic heterocycles. The fourth-order valence-electron chi connectivity index (χ4n) is 6.90. The molecule has 0 aromatic carbocycles. The van der Waals surface area contributed by atoms with E-state index in [1.807, 2.05) is 0 Å². The Kier molecular flexibility index (Phi) is 61.9. The maximum Gasteiger partial charge on any atom is 0.0701 e. The quantitative estimate of drug-likeness (QED) is 0.0242. The highest BCUT2D eigenvalue weighted by molar-refractivity contribution is 4.82. The summed E-state index contributed by atoms with van der Waals surface area (Å²) < 4.78 is 85.9. The molecule has 71 heavy (non-hydrogen) atoms. The van der Waals surface area contributed by atoms with E-state index in [4.69, 9.17) is 71.1 Å². The van der Waals surface area contributed by atoms with Crippen molar-refractivity contribution in [2.45, 2.75) is 136 Å². The first-order valence-electron chi connectivity index (χ1n) is 27.9. The number of nitrogens with zero attached hydrogens (tertiary/aromatic N) is 3. The van der Waals surface area contributed by atoms with E-state index in [2.05, 4.69) is 30.8 Å². The number of ether oxygens (including phenoxy) is 15. The molecule has 0 aromatic rings. The summed E-state index contributed by atoms with van der Waals surface area (Å²) in [4.78, 5) is 3.02. The van der Waals surface area contributed by atoms with Gasteiger partial charge in [0.25, 0.3) is 0 Å². The van der Waals surface area contributed by atoms with Gasteiger partial charge in [-0.1, -0.05) is 122 Å². The lowest BCUT2D eigenvalue weighted by Crippen LogP contribution is -2.41. The minimum absolute atomic E-state index is 0.121. The van der Waals surface area contributed by atoms with Gasteiger partial charge >= 0.3 is 0 Å². The van der Waals surface area contributed by atoms with Crippen LogP contribution in [0, 0.1) is 5.41 Å². The van der Waals surface area contributed by atoms with Gasteiger partial charge in [0.05, 0.1) is 178 Å². The van der Waals surface area contributed by atoms with Crippen LogP contribution >= 0.6 is 0 Å². The van der Waals surface area contributed by atoms with E-state index in [9.17, 15) is 5.53 Å². The molecule has 0 rings (SSSR count). The Morgan fingerprint density at radius 1 is 0.254 bits per heavy atom. The maximum absolute atomic E-state index is 9.25. The van der Waals surface area contributed by atoms with Crippen molar-refractivity contribution in [2.24, 2.45) is 10.5 Å². The molecule has 0 aliphatic carbocycles. The van der Waals surface area contributed by atoms with Gasteiger partial charge in [0.2, 0.25) is 0 Å². The first kappa shape index (κ1) is 69.7. The predicted octanol–water partition coefficient (Wildman–Crippen LogP) is 9.61. The van der Waals surface area contributed by atoms with Crippen LogP contribution in [0.2, 0.25) is 0 Å². The molecular weight excluding hydrogens is 919 g/mol. The Bertz CT molecular complexity index is 931. The molecule has 0 radical (unpaired) electrons. The number of azide groups is 1. The second kappa shape index (κ2) is 63.0. The lowest BCUT2D eigenvalue weighted by atomic mass is 9.91. The summed E-state index contributed by atoms with van der Waals surface area (Å²) in [6, 6.07) is 0. The van der Waals surface area contributed by atoms with Crippen LogP contribution in [0.3, 0.4) is 0 Å². The van der Waals surface area contributed by atoms with E-state index < -0.39 is 5.41 Å². The van der Waals surface area contributed by atoms with Gasteiger partial charge in [0.1, 0.15) is 0 Å². The lowest BCUT2D eigenvalue weighted by molar-refractivity contribution is -0.0870. The van der Waals surface area contributed by atoms with Crippen LogP contribution < -0.4 is 0 Å². The van der Waals surface area contributed by atoms with Gasteiger partial charge < -0.3 is 71.1 Å². The van der Waals surface area contributed by atoms with Crippen LogP contribution in [0.4, 0.5) is 0 Å². The monoisotopic (exact) mass is 1030 g/mol. The van der Waals surface area contributed by atoms with E-state index in [0.29, 0.717) is 159 Å². The Morgan fingerprint density at radius 2 is 0.437 bits per heavy atom. The first-order chi connectivity index (χ1) is 35.2. The van der Waals surface area contributed by atoms with Crippen molar-refractivity contribution in [3.05, 3.63) is 10.4 Å². The van der Waals surface area contributed by atoms with Crippen LogP contribution in [-0.4, -0.2) is 205 Å². The van der Waals surface area contributed by atoms with E-state index in [1.54, 1.807) is 0 Å². The van der Waals surface area contributed by atoms with Crippen molar-refractivity contribution in [1.29, 1.82) is 0 Å². The van der Waals surface area contributed by atoms with Crippen LogP contribution in [0.25, 0.3) is 10.4 Å². The van der Waals surface area contributed by atoms with Crippen molar-refractivity contribution in [3.63, 3.8) is 0 Å². The third kappa shape index (κ3) is 57.8. The summed E-state index contributed by atoms with van der Waals surface area (Å²) in [5.41, 5.74) is 8.51. The summed E-state index contributed by atoms with van der Waals surface area (Å²) in [6.45, 7) is 21.2. The van der Waals surface area contributed by atoms with E-state index in [0.717, 1.165) is 39.1 Å². The molecule has 0 heterocycles. The molecule has 0 amide bonds. The van der Waals surface area contributed by atoms with E-state index in [1.165, 1.54) is 96.3 Å². The number of unbranched alkanes of at least 4 members (excludes halogenated alkanes) is 15. The molecule has 0 spiro atoms. The first-order valence-corrected chi connectivity index (χ1v) is 27.9. The Labute approximate surface area is 432 Å². The van der Waals surface area contributed by atoms with Gasteiger partial charge in [-0.2, -0.15) is 0 Å². The van der Waals surface area contributed by atoms with Gasteiger partial charge in [-0.05, 0) is 24.8 Å². The molecular formula is C53H107N3O15. The normalized spacial score (nSPS) is 11.8. The average molecular weight is 1030 g/mol. The Hall–Kier alpha value is -1.29. The number of hydrogen-bond donors (Lipinski definition) is 0. The van der Waals surface area contributed by atoms with E-state index >= 15 is 0 Å². The molecule has 0 unspecified atom stereocenters. The summed E-state index contributed by atoms with van der Waals surface area (Å²) in [5, 5.41) is 3.90. The third-order valence-corrected chi connectivity index (χ3v) is 11.1. The summed E-state index contributed by atoms with van der Waals surface area (Å²) in [7, 11) is 0. The zero-order chi connectivity index (χ0) is 51.2. The topological polar surface area (TPSA) is 187 Å². The van der Waals surface area contributed by atoms with Gasteiger partial charge in [-0.15, -0.1) is 0 Å². The standard InChI is InChI=1S/C53H107N3O15/c1-4-7-10-13-16-19-22-57-25-28-60-31-34-63-37-40-66-43-46-69-50-53(49-55-56-54,51-70-47-44-67-41-38-64-35-32-61-29-26-58-23-20-17-14-11-8-5-2)52-71-48-45-68-42-39-65-36-33-62-30-27-59-24-21-18-15-12-9-6-3/h4-52H2,1-3H3. The van der Waals surface area contributed by atoms with Crippen molar-refractivity contribution in [3.8, 4) is 0 Å². The van der Waals surface area contributed by atoms with Gasteiger partial charge in [0, 0.05) is 36.7 Å². The average Bonchev–Trinajstić information content (AvgIpc) is 3.38. The molecule has 0 N–H and O–H groups in total. The van der Waals surface area contributed by atoms with Gasteiger partial charge in [-0.3, -0.25) is 0 Å². The molecule has 18 heteroatoms. The smallest absolute Gasteiger partial charge is 0.0701 e. The van der Waals surface area contributed by atoms with Crippen LogP contribution in [0.1, 0.15) is 136 Å². The summed E-state index contributed by atoms with van der Waals surface area (Å²) in [5.74, 6) is 0. The van der Waals surface area contributed by atoms with Crippen LogP contribution in [-0.2, 0) is 71.1 Å². The SMILES string of the molecule is CCCCCCCCOCCOCCOCCOCCOCC(CN=[N+]=[N-])(COCCOCCOCCOCCOCCCCCCCC)COCCOCCOCCOCCOCCCCCCCC. The number of hydrogen-bond acceptors (Lipinski definition) is 16. The Balaban J connectivity index is 4.37. The van der Waals surface area contributed by atoms with E-state index in [-0.39, 0.29) is 26.4 Å². The van der Waals surface area contributed by atoms with Crippen molar-refractivity contribution >= 4 is 0 Å². The van der Waals surface area contributed by atoms with Crippen LogP contribution in [0.15, 0.2) is 5.11 Å². The molecule has 0 saturated carbocycles. The highest BCUT2D eigenvalue weighted by atomic mass is 16.6. The minimum Gasteiger partial charge on any atom is -0.379 e. The van der Waals surface area contributed by atoms with Crippen LogP contribution in [0.5, 0.6) is 0 Å². The predicted molar refractivity (Wildman–Crippen MR) is 279 cm³/mol. The summed E-state index contributed by atoms with van der Waals surface area (Å²) >= 11 is 0. The molecule has 0 bridgehead atoms. The molecule has 0 aliphatic rings. The highest BCUT2D eigenvalue weighted by Gasteiger charge is 2.31. The maximum atomic E-state index is 9.25. The minimum atomic E-state index is -0.737. The highest BCUT2D eigenvalue weighted by Crippen LogP contribution is 2.21. The molecule has 0 atom stereocenters.